The Bertz CT molecular complexity index is 879. The second kappa shape index (κ2) is 12.5. The fraction of sp³-hybridized carbons (Fsp3) is 0.364. The van der Waals surface area contributed by atoms with E-state index in [1.807, 2.05) is 31.2 Å². The Morgan fingerprint density at radius 1 is 1.07 bits per heavy atom. The summed E-state index contributed by atoms with van der Waals surface area (Å²) in [5.41, 5.74) is 1.71. The van der Waals surface area contributed by atoms with Gasteiger partial charge in [0.1, 0.15) is 6.04 Å². The maximum Gasteiger partial charge on any atom is 0.242 e. The molecule has 30 heavy (non-hydrogen) atoms. The summed E-state index contributed by atoms with van der Waals surface area (Å²) in [6.45, 7) is 4.55. The molecule has 0 aromatic heterocycles. The molecule has 0 saturated heterocycles. The molecule has 2 aromatic carbocycles. The largest absolute Gasteiger partial charge is 0.354 e. The Morgan fingerprint density at radius 3 is 2.47 bits per heavy atom. The number of halogens is 3. The number of hydrogen-bond donors (Lipinski definition) is 1. The normalized spacial score (nSPS) is 11.8. The summed E-state index contributed by atoms with van der Waals surface area (Å²) in [5.74, 6) is 0.472. The molecular weight excluding hydrogens is 463 g/mol. The second-order valence-corrected chi connectivity index (χ2v) is 9.05. The van der Waals surface area contributed by atoms with E-state index in [2.05, 4.69) is 5.32 Å². The topological polar surface area (TPSA) is 49.4 Å². The third kappa shape index (κ3) is 7.38. The van der Waals surface area contributed by atoms with E-state index in [0.29, 0.717) is 27.4 Å². The standard InChI is InChI=1S/C22H25Cl3N2O2S/c1-3-10-26-22(29)15(2)27(12-16-6-4-5-7-19(16)24)21(28)14-30-13-17-8-9-18(23)11-20(17)25/h4-9,11,15H,3,10,12-14H2,1-2H3,(H,26,29)/t15-/m0/s1. The highest BCUT2D eigenvalue weighted by atomic mass is 35.5. The Kier molecular flexibility index (Phi) is 10.3. The molecule has 2 rings (SSSR count). The van der Waals surface area contributed by atoms with Crippen molar-refractivity contribution in [3.8, 4) is 0 Å². The molecule has 0 spiro atoms. The molecule has 1 atom stereocenters. The van der Waals surface area contributed by atoms with Gasteiger partial charge in [0.2, 0.25) is 11.8 Å². The molecule has 2 aromatic rings. The molecule has 0 radical (unpaired) electrons. The first-order valence-corrected chi connectivity index (χ1v) is 11.9. The van der Waals surface area contributed by atoms with E-state index < -0.39 is 6.04 Å². The molecule has 0 aliphatic heterocycles. The molecule has 162 valence electrons. The Balaban J connectivity index is 2.08. The summed E-state index contributed by atoms with van der Waals surface area (Å²) in [7, 11) is 0. The molecule has 0 aliphatic carbocycles. The summed E-state index contributed by atoms with van der Waals surface area (Å²) >= 11 is 19.9. The van der Waals surface area contributed by atoms with Crippen LogP contribution in [-0.4, -0.2) is 35.1 Å². The number of nitrogens with zero attached hydrogens (tertiary/aromatic N) is 1. The average molecular weight is 488 g/mol. The van der Waals surface area contributed by atoms with Crippen molar-refractivity contribution in [2.75, 3.05) is 12.3 Å². The van der Waals surface area contributed by atoms with E-state index in [1.165, 1.54) is 11.8 Å². The Hall–Kier alpha value is -1.40. The predicted molar refractivity (Wildman–Crippen MR) is 127 cm³/mol. The lowest BCUT2D eigenvalue weighted by molar-refractivity contribution is -0.138. The van der Waals surface area contributed by atoms with Gasteiger partial charge in [-0.15, -0.1) is 11.8 Å². The number of rotatable bonds is 10. The number of carbonyl (C=O) groups excluding carboxylic acids is 2. The van der Waals surface area contributed by atoms with Crippen LogP contribution < -0.4 is 5.32 Å². The highest BCUT2D eigenvalue weighted by molar-refractivity contribution is 7.99. The van der Waals surface area contributed by atoms with E-state index in [9.17, 15) is 9.59 Å². The third-order valence-corrected chi connectivity index (χ3v) is 6.44. The van der Waals surface area contributed by atoms with Gasteiger partial charge in [0, 0.05) is 33.9 Å². The van der Waals surface area contributed by atoms with Gasteiger partial charge in [0.05, 0.1) is 5.75 Å². The first-order valence-electron chi connectivity index (χ1n) is 9.65. The first-order chi connectivity index (χ1) is 14.3. The van der Waals surface area contributed by atoms with Gasteiger partial charge in [0.15, 0.2) is 0 Å². The van der Waals surface area contributed by atoms with E-state index >= 15 is 0 Å². The van der Waals surface area contributed by atoms with Crippen LogP contribution in [0.5, 0.6) is 0 Å². The van der Waals surface area contributed by atoms with Gasteiger partial charge in [-0.25, -0.2) is 0 Å². The fourth-order valence-electron chi connectivity index (χ4n) is 2.76. The Labute approximate surface area is 197 Å². The molecule has 0 fully saturated rings. The molecule has 1 N–H and O–H groups in total. The molecule has 2 amide bonds. The molecule has 0 unspecified atom stereocenters. The lowest BCUT2D eigenvalue weighted by atomic mass is 10.1. The minimum absolute atomic E-state index is 0.135. The molecule has 0 bridgehead atoms. The van der Waals surface area contributed by atoms with Gasteiger partial charge in [-0.1, -0.05) is 66.0 Å². The molecular formula is C22H25Cl3N2O2S. The van der Waals surface area contributed by atoms with Crippen LogP contribution in [0.2, 0.25) is 15.1 Å². The van der Waals surface area contributed by atoms with Crippen LogP contribution in [0.15, 0.2) is 42.5 Å². The summed E-state index contributed by atoms with van der Waals surface area (Å²) in [6, 6.07) is 12.0. The predicted octanol–water partition coefficient (Wildman–Crippen LogP) is 5.82. The van der Waals surface area contributed by atoms with Crippen LogP contribution in [0.3, 0.4) is 0 Å². The minimum Gasteiger partial charge on any atom is -0.354 e. The summed E-state index contributed by atoms with van der Waals surface area (Å²) in [4.78, 5) is 27.1. The quantitative estimate of drug-likeness (QED) is 0.459. The SMILES string of the molecule is CCCNC(=O)[C@H](C)N(Cc1ccccc1Cl)C(=O)CSCc1ccc(Cl)cc1Cl. The summed E-state index contributed by atoms with van der Waals surface area (Å²) in [6.07, 6.45) is 0.828. The first kappa shape index (κ1) is 24.9. The van der Waals surface area contributed by atoms with E-state index in [-0.39, 0.29) is 24.1 Å². The van der Waals surface area contributed by atoms with Crippen molar-refractivity contribution in [3.63, 3.8) is 0 Å². The van der Waals surface area contributed by atoms with Crippen molar-refractivity contribution in [1.82, 2.24) is 10.2 Å². The number of benzene rings is 2. The third-order valence-electron chi connectivity index (χ3n) is 4.51. The maximum atomic E-state index is 13.0. The highest BCUT2D eigenvalue weighted by Crippen LogP contribution is 2.25. The zero-order chi connectivity index (χ0) is 22.1. The van der Waals surface area contributed by atoms with Crippen LogP contribution in [0.1, 0.15) is 31.4 Å². The van der Waals surface area contributed by atoms with Gasteiger partial charge >= 0.3 is 0 Å². The minimum atomic E-state index is -0.611. The monoisotopic (exact) mass is 486 g/mol. The van der Waals surface area contributed by atoms with Crippen molar-refractivity contribution >= 4 is 58.4 Å². The molecule has 0 saturated carbocycles. The zero-order valence-electron chi connectivity index (χ0n) is 17.0. The van der Waals surface area contributed by atoms with Crippen molar-refractivity contribution in [1.29, 1.82) is 0 Å². The maximum absolute atomic E-state index is 13.0. The van der Waals surface area contributed by atoms with Crippen LogP contribution in [0.4, 0.5) is 0 Å². The second-order valence-electron chi connectivity index (χ2n) is 6.81. The van der Waals surface area contributed by atoms with Crippen molar-refractivity contribution < 1.29 is 9.59 Å². The number of nitrogens with one attached hydrogen (secondary N) is 1. The molecule has 0 aliphatic rings. The summed E-state index contributed by atoms with van der Waals surface area (Å²) < 4.78 is 0. The van der Waals surface area contributed by atoms with E-state index in [0.717, 1.165) is 17.5 Å². The number of thioether (sulfide) groups is 1. The highest BCUT2D eigenvalue weighted by Gasteiger charge is 2.26. The van der Waals surface area contributed by atoms with Gasteiger partial charge < -0.3 is 10.2 Å². The number of carbonyl (C=O) groups is 2. The van der Waals surface area contributed by atoms with E-state index in [4.69, 9.17) is 34.8 Å². The Morgan fingerprint density at radius 2 is 1.80 bits per heavy atom. The zero-order valence-corrected chi connectivity index (χ0v) is 20.0. The van der Waals surface area contributed by atoms with Crippen LogP contribution >= 0.6 is 46.6 Å². The van der Waals surface area contributed by atoms with E-state index in [1.54, 1.807) is 30.0 Å². The van der Waals surface area contributed by atoms with Crippen LogP contribution in [-0.2, 0) is 21.9 Å². The van der Waals surface area contributed by atoms with Crippen LogP contribution in [0, 0.1) is 0 Å². The molecule has 8 heteroatoms. The number of amides is 2. The molecule has 0 heterocycles. The smallest absolute Gasteiger partial charge is 0.242 e. The molecule has 4 nitrogen and oxygen atoms in total. The van der Waals surface area contributed by atoms with Gasteiger partial charge in [-0.2, -0.15) is 0 Å². The van der Waals surface area contributed by atoms with Crippen molar-refractivity contribution in [2.24, 2.45) is 0 Å². The van der Waals surface area contributed by atoms with Gasteiger partial charge in [0.25, 0.3) is 0 Å². The summed E-state index contributed by atoms with van der Waals surface area (Å²) in [5, 5.41) is 4.57. The van der Waals surface area contributed by atoms with Crippen molar-refractivity contribution in [3.05, 3.63) is 68.7 Å². The fourth-order valence-corrected chi connectivity index (χ4v) is 4.42. The average Bonchev–Trinajstić information content (AvgIpc) is 2.72. The lowest BCUT2D eigenvalue weighted by Crippen LogP contribution is -2.48. The van der Waals surface area contributed by atoms with Crippen molar-refractivity contribution in [2.45, 2.75) is 38.6 Å². The van der Waals surface area contributed by atoms with Gasteiger partial charge in [-0.05, 0) is 42.7 Å². The number of hydrogen-bond acceptors (Lipinski definition) is 3. The van der Waals surface area contributed by atoms with Crippen LogP contribution in [0.25, 0.3) is 0 Å². The lowest BCUT2D eigenvalue weighted by Gasteiger charge is -2.29. The van der Waals surface area contributed by atoms with Gasteiger partial charge in [-0.3, -0.25) is 9.59 Å².